The van der Waals surface area contributed by atoms with Crippen molar-refractivity contribution < 1.29 is 13.5 Å². The first-order valence-corrected chi connectivity index (χ1v) is 7.22. The Morgan fingerprint density at radius 2 is 2.00 bits per heavy atom. The molecule has 1 aromatic rings. The van der Waals surface area contributed by atoms with E-state index in [1.807, 2.05) is 12.1 Å². The van der Waals surface area contributed by atoms with Crippen molar-refractivity contribution in [3.8, 4) is 5.75 Å². The number of para-hydroxylation sites is 1. The predicted molar refractivity (Wildman–Crippen MR) is 72.9 cm³/mol. The van der Waals surface area contributed by atoms with E-state index < -0.39 is 6.61 Å². The maximum atomic E-state index is 12.4. The molecule has 2 aliphatic heterocycles. The van der Waals surface area contributed by atoms with Crippen LogP contribution in [0.3, 0.4) is 0 Å². The Labute approximate surface area is 117 Å². The highest BCUT2D eigenvalue weighted by Crippen LogP contribution is 2.25. The van der Waals surface area contributed by atoms with Gasteiger partial charge in [0.15, 0.2) is 0 Å². The zero-order valence-corrected chi connectivity index (χ0v) is 11.4. The fraction of sp³-hybridized carbons (Fsp3) is 0.600. The number of halogens is 2. The average Bonchev–Trinajstić information content (AvgIpc) is 2.74. The number of nitrogens with one attached hydrogen (secondary N) is 1. The van der Waals surface area contributed by atoms with Crippen LogP contribution in [0.5, 0.6) is 5.75 Å². The Hall–Kier alpha value is -1.20. The van der Waals surface area contributed by atoms with E-state index in [1.165, 1.54) is 12.8 Å². The van der Waals surface area contributed by atoms with E-state index in [1.54, 1.807) is 12.1 Å². The molecule has 3 nitrogen and oxygen atoms in total. The quantitative estimate of drug-likeness (QED) is 0.918. The summed E-state index contributed by atoms with van der Waals surface area (Å²) in [5, 5.41) is 3.62. The number of likely N-dealkylation sites (tertiary alicyclic amines) is 1. The van der Waals surface area contributed by atoms with Gasteiger partial charge in [0.05, 0.1) is 0 Å². The maximum absolute atomic E-state index is 12.4. The van der Waals surface area contributed by atoms with E-state index in [4.69, 9.17) is 0 Å². The lowest BCUT2D eigenvalue weighted by Crippen LogP contribution is -2.35. The second-order valence-electron chi connectivity index (χ2n) is 5.65. The molecule has 2 saturated heterocycles. The van der Waals surface area contributed by atoms with Crippen molar-refractivity contribution in [2.24, 2.45) is 0 Å². The molecule has 5 heteroatoms. The molecule has 2 fully saturated rings. The van der Waals surface area contributed by atoms with Crippen LogP contribution >= 0.6 is 0 Å². The largest absolute Gasteiger partial charge is 0.434 e. The molecular formula is C15H20F2N2O. The molecule has 2 bridgehead atoms. The monoisotopic (exact) mass is 282 g/mol. The highest BCUT2D eigenvalue weighted by Gasteiger charge is 2.29. The van der Waals surface area contributed by atoms with Gasteiger partial charge in [-0.05, 0) is 25.3 Å². The first kappa shape index (κ1) is 13.8. The molecule has 20 heavy (non-hydrogen) atoms. The molecule has 0 radical (unpaired) electrons. The Kier molecular flexibility index (Phi) is 4.17. The molecule has 0 aromatic heterocycles. The number of benzene rings is 1. The molecule has 0 spiro atoms. The summed E-state index contributed by atoms with van der Waals surface area (Å²) in [4.78, 5) is 2.34. The summed E-state index contributed by atoms with van der Waals surface area (Å²) in [6.07, 6.45) is 3.62. The molecule has 2 heterocycles. The zero-order chi connectivity index (χ0) is 13.9. The topological polar surface area (TPSA) is 24.5 Å². The lowest BCUT2D eigenvalue weighted by molar-refractivity contribution is -0.0507. The molecule has 0 aliphatic carbocycles. The summed E-state index contributed by atoms with van der Waals surface area (Å²) >= 11 is 0. The average molecular weight is 282 g/mol. The minimum absolute atomic E-state index is 0.296. The molecule has 0 amide bonds. The molecule has 2 unspecified atom stereocenters. The number of hydrogen-bond donors (Lipinski definition) is 1. The number of rotatable bonds is 4. The normalized spacial score (nSPS) is 26.8. The smallest absolute Gasteiger partial charge is 0.387 e. The third-order valence-corrected chi connectivity index (χ3v) is 4.19. The van der Waals surface area contributed by atoms with E-state index in [-0.39, 0.29) is 0 Å². The lowest BCUT2D eigenvalue weighted by atomic mass is 10.1. The van der Waals surface area contributed by atoms with Crippen molar-refractivity contribution in [3.63, 3.8) is 0 Å². The van der Waals surface area contributed by atoms with E-state index in [0.717, 1.165) is 25.1 Å². The summed E-state index contributed by atoms with van der Waals surface area (Å²) < 4.78 is 29.4. The van der Waals surface area contributed by atoms with E-state index >= 15 is 0 Å². The van der Waals surface area contributed by atoms with Crippen molar-refractivity contribution in [1.29, 1.82) is 0 Å². The number of ether oxygens (including phenoxy) is 1. The molecule has 1 aromatic carbocycles. The van der Waals surface area contributed by atoms with Gasteiger partial charge in [0, 0.05) is 37.3 Å². The highest BCUT2D eigenvalue weighted by molar-refractivity contribution is 5.33. The Bertz CT molecular complexity index is 455. The van der Waals surface area contributed by atoms with Gasteiger partial charge in [-0.25, -0.2) is 0 Å². The van der Waals surface area contributed by atoms with Crippen molar-refractivity contribution in [1.82, 2.24) is 10.2 Å². The van der Waals surface area contributed by atoms with Gasteiger partial charge in [-0.1, -0.05) is 18.2 Å². The van der Waals surface area contributed by atoms with Crippen molar-refractivity contribution in [3.05, 3.63) is 29.8 Å². The number of alkyl halides is 2. The summed E-state index contributed by atoms with van der Waals surface area (Å²) in [5.74, 6) is 0.296. The van der Waals surface area contributed by atoms with Gasteiger partial charge >= 0.3 is 6.61 Å². The van der Waals surface area contributed by atoms with E-state index in [2.05, 4.69) is 15.0 Å². The van der Waals surface area contributed by atoms with Crippen LogP contribution in [0, 0.1) is 0 Å². The van der Waals surface area contributed by atoms with Crippen molar-refractivity contribution in [2.75, 3.05) is 13.1 Å². The summed E-state index contributed by atoms with van der Waals surface area (Å²) in [6.45, 7) is -0.0947. The van der Waals surface area contributed by atoms with Crippen molar-refractivity contribution in [2.45, 2.75) is 44.5 Å². The van der Waals surface area contributed by atoms with Crippen LogP contribution in [0.15, 0.2) is 24.3 Å². The summed E-state index contributed by atoms with van der Waals surface area (Å²) in [7, 11) is 0. The Morgan fingerprint density at radius 3 is 2.85 bits per heavy atom. The molecule has 1 N–H and O–H groups in total. The molecule has 2 aliphatic rings. The number of fused-ring (bicyclic) bond motifs is 2. The zero-order valence-electron chi connectivity index (χ0n) is 11.4. The maximum Gasteiger partial charge on any atom is 0.387 e. The van der Waals surface area contributed by atoms with Gasteiger partial charge in [0.25, 0.3) is 0 Å². The predicted octanol–water partition coefficient (Wildman–Crippen LogP) is 2.61. The van der Waals surface area contributed by atoms with Crippen molar-refractivity contribution >= 4 is 0 Å². The molecule has 110 valence electrons. The molecule has 2 atom stereocenters. The van der Waals surface area contributed by atoms with Gasteiger partial charge < -0.3 is 10.1 Å². The number of nitrogens with zero attached hydrogens (tertiary/aromatic N) is 1. The van der Waals surface area contributed by atoms with Crippen LogP contribution in [0.2, 0.25) is 0 Å². The third kappa shape index (κ3) is 3.27. The fourth-order valence-corrected chi connectivity index (χ4v) is 3.25. The van der Waals surface area contributed by atoms with Crippen LogP contribution in [0.4, 0.5) is 8.78 Å². The molecule has 3 rings (SSSR count). The first-order chi connectivity index (χ1) is 9.70. The van der Waals surface area contributed by atoms with Gasteiger partial charge in [-0.3, -0.25) is 4.90 Å². The van der Waals surface area contributed by atoms with Gasteiger partial charge in [-0.2, -0.15) is 8.78 Å². The Morgan fingerprint density at radius 1 is 1.20 bits per heavy atom. The molecular weight excluding hydrogens is 262 g/mol. The first-order valence-electron chi connectivity index (χ1n) is 7.22. The van der Waals surface area contributed by atoms with Crippen LogP contribution < -0.4 is 10.1 Å². The number of hydrogen-bond acceptors (Lipinski definition) is 3. The van der Waals surface area contributed by atoms with Crippen LogP contribution in [-0.4, -0.2) is 36.7 Å². The second-order valence-corrected chi connectivity index (χ2v) is 5.65. The van der Waals surface area contributed by atoms with Gasteiger partial charge in [0.2, 0.25) is 0 Å². The minimum atomic E-state index is -2.77. The third-order valence-electron chi connectivity index (χ3n) is 4.19. The van der Waals surface area contributed by atoms with E-state index in [9.17, 15) is 8.78 Å². The van der Waals surface area contributed by atoms with Gasteiger partial charge in [-0.15, -0.1) is 0 Å². The SMILES string of the molecule is FC(F)Oc1ccccc1CN1CCC2CCC(C1)N2. The van der Waals surface area contributed by atoms with Crippen LogP contribution in [0.1, 0.15) is 24.8 Å². The fourth-order valence-electron chi connectivity index (χ4n) is 3.25. The Balaban J connectivity index is 1.68. The highest BCUT2D eigenvalue weighted by atomic mass is 19.3. The van der Waals surface area contributed by atoms with E-state index in [0.29, 0.717) is 24.4 Å². The minimum Gasteiger partial charge on any atom is -0.434 e. The second kappa shape index (κ2) is 6.06. The summed E-state index contributed by atoms with van der Waals surface area (Å²) in [5.41, 5.74) is 0.838. The summed E-state index contributed by atoms with van der Waals surface area (Å²) in [6, 6.07) is 8.27. The van der Waals surface area contributed by atoms with Crippen LogP contribution in [0.25, 0.3) is 0 Å². The standard InChI is InChI=1S/C15H20F2N2O/c16-15(17)20-14-4-2-1-3-11(14)9-19-8-7-12-5-6-13(10-19)18-12/h1-4,12-13,15,18H,5-10H2. The van der Waals surface area contributed by atoms with Gasteiger partial charge in [0.1, 0.15) is 5.75 Å². The lowest BCUT2D eigenvalue weighted by Gasteiger charge is -2.24. The van der Waals surface area contributed by atoms with Crippen LogP contribution in [-0.2, 0) is 6.54 Å². The molecule has 0 saturated carbocycles.